The zero-order valence-electron chi connectivity index (χ0n) is 10.5. The first kappa shape index (κ1) is 14.4. The smallest absolute Gasteiger partial charge is 0.376 e. The predicted octanol–water partition coefficient (Wildman–Crippen LogP) is 3.65. The molecule has 0 amide bonds. The molecular formula is C12H15F3O3S. The highest BCUT2D eigenvalue weighted by atomic mass is 32.2. The topological polar surface area (TPSA) is 43.4 Å². The van der Waals surface area contributed by atoms with E-state index in [1.807, 2.05) is 6.92 Å². The highest BCUT2D eigenvalue weighted by molar-refractivity contribution is 7.87. The minimum absolute atomic E-state index is 0.0624. The molecule has 0 N–H and O–H groups in total. The number of halogens is 3. The molecule has 19 heavy (non-hydrogen) atoms. The van der Waals surface area contributed by atoms with Gasteiger partial charge in [-0.25, -0.2) is 0 Å². The molecular weight excluding hydrogens is 281 g/mol. The number of hydrogen-bond donors (Lipinski definition) is 0. The Morgan fingerprint density at radius 3 is 2.63 bits per heavy atom. The molecule has 2 rings (SSSR count). The number of allylic oxidation sites excluding steroid dienone is 3. The van der Waals surface area contributed by atoms with Crippen molar-refractivity contribution in [3.05, 3.63) is 23.5 Å². The molecule has 0 aromatic rings. The first-order chi connectivity index (χ1) is 8.64. The zero-order valence-corrected chi connectivity index (χ0v) is 11.3. The minimum atomic E-state index is -5.57. The number of fused-ring (bicyclic) bond motifs is 1. The van der Waals surface area contributed by atoms with Gasteiger partial charge >= 0.3 is 15.6 Å². The lowest BCUT2D eigenvalue weighted by molar-refractivity contribution is -0.0520. The van der Waals surface area contributed by atoms with E-state index < -0.39 is 15.6 Å². The van der Waals surface area contributed by atoms with Crippen molar-refractivity contribution in [2.75, 3.05) is 0 Å². The molecule has 0 radical (unpaired) electrons. The van der Waals surface area contributed by atoms with Gasteiger partial charge in [-0.15, -0.1) is 0 Å². The van der Waals surface area contributed by atoms with Crippen molar-refractivity contribution >= 4 is 10.1 Å². The first-order valence-corrected chi connectivity index (χ1v) is 7.47. The van der Waals surface area contributed by atoms with Gasteiger partial charge in [0.2, 0.25) is 0 Å². The lowest BCUT2D eigenvalue weighted by Gasteiger charge is -2.38. The van der Waals surface area contributed by atoms with Crippen LogP contribution in [0.3, 0.4) is 0 Å². The van der Waals surface area contributed by atoms with Crippen molar-refractivity contribution in [2.24, 2.45) is 5.41 Å². The molecule has 2 aliphatic rings. The van der Waals surface area contributed by atoms with E-state index in [9.17, 15) is 21.6 Å². The van der Waals surface area contributed by atoms with Crippen LogP contribution in [0.1, 0.15) is 39.0 Å². The molecule has 1 unspecified atom stereocenters. The average molecular weight is 296 g/mol. The Morgan fingerprint density at radius 1 is 1.32 bits per heavy atom. The zero-order chi connectivity index (χ0) is 14.3. The SMILES string of the molecule is CC12CC=C(OS(=O)(=O)C(F)(F)F)C=C1CCCC2. The second kappa shape index (κ2) is 4.54. The first-order valence-electron chi connectivity index (χ1n) is 6.06. The summed E-state index contributed by atoms with van der Waals surface area (Å²) in [5.41, 5.74) is -4.47. The van der Waals surface area contributed by atoms with Gasteiger partial charge in [0, 0.05) is 0 Å². The summed E-state index contributed by atoms with van der Waals surface area (Å²) in [5, 5.41) is 0. The Morgan fingerprint density at radius 2 is 2.00 bits per heavy atom. The Balaban J connectivity index is 2.20. The molecule has 1 fully saturated rings. The molecule has 1 atom stereocenters. The van der Waals surface area contributed by atoms with Crippen LogP contribution in [0.4, 0.5) is 13.2 Å². The highest BCUT2D eigenvalue weighted by Crippen LogP contribution is 2.46. The molecule has 0 spiro atoms. The maximum Gasteiger partial charge on any atom is 0.534 e. The summed E-state index contributed by atoms with van der Waals surface area (Å²) in [4.78, 5) is 0. The number of rotatable bonds is 2. The van der Waals surface area contributed by atoms with Crippen LogP contribution >= 0.6 is 0 Å². The summed E-state index contributed by atoms with van der Waals surface area (Å²) >= 11 is 0. The van der Waals surface area contributed by atoms with E-state index in [0.717, 1.165) is 31.3 Å². The van der Waals surface area contributed by atoms with Crippen LogP contribution in [-0.2, 0) is 14.3 Å². The van der Waals surface area contributed by atoms with E-state index in [1.54, 1.807) is 0 Å². The molecule has 0 aliphatic heterocycles. The molecule has 108 valence electrons. The summed E-state index contributed by atoms with van der Waals surface area (Å²) in [6.45, 7) is 2.05. The monoisotopic (exact) mass is 296 g/mol. The van der Waals surface area contributed by atoms with E-state index in [4.69, 9.17) is 0 Å². The lowest BCUT2D eigenvalue weighted by Crippen LogP contribution is -2.28. The molecule has 1 saturated carbocycles. The van der Waals surface area contributed by atoms with Crippen LogP contribution in [0.5, 0.6) is 0 Å². The molecule has 7 heteroatoms. The molecule has 0 aromatic carbocycles. The minimum Gasteiger partial charge on any atom is -0.376 e. The van der Waals surface area contributed by atoms with E-state index in [0.29, 0.717) is 6.42 Å². The lowest BCUT2D eigenvalue weighted by atomic mass is 9.68. The Bertz CT molecular complexity index is 531. The maximum atomic E-state index is 12.2. The van der Waals surface area contributed by atoms with E-state index >= 15 is 0 Å². The van der Waals surface area contributed by atoms with Gasteiger partial charge in [0.15, 0.2) is 0 Å². The fourth-order valence-electron chi connectivity index (χ4n) is 2.56. The summed E-state index contributed by atoms with van der Waals surface area (Å²) in [5.74, 6) is -0.216. The normalized spacial score (nSPS) is 28.2. The Hall–Kier alpha value is -0.980. The molecule has 2 aliphatic carbocycles. The Kier molecular flexibility index (Phi) is 3.45. The average Bonchev–Trinajstić information content (AvgIpc) is 2.27. The van der Waals surface area contributed by atoms with Crippen LogP contribution in [-0.4, -0.2) is 13.9 Å². The number of alkyl halides is 3. The summed E-state index contributed by atoms with van der Waals surface area (Å²) in [6.07, 6.45) is 7.20. The highest BCUT2D eigenvalue weighted by Gasteiger charge is 2.49. The molecule has 0 aromatic heterocycles. The number of hydrogen-bond acceptors (Lipinski definition) is 3. The molecule has 0 saturated heterocycles. The predicted molar refractivity (Wildman–Crippen MR) is 63.4 cm³/mol. The third-order valence-electron chi connectivity index (χ3n) is 3.76. The standard InChI is InChI=1S/C12H15F3O3S/c1-11-6-3-2-4-9(11)8-10(5-7-11)18-19(16,17)12(13,14)15/h5,8H,2-4,6-7H2,1H3. The van der Waals surface area contributed by atoms with Gasteiger partial charge < -0.3 is 4.18 Å². The third-order valence-corrected chi connectivity index (χ3v) is 4.74. The van der Waals surface area contributed by atoms with Gasteiger partial charge in [0.25, 0.3) is 0 Å². The van der Waals surface area contributed by atoms with Crippen molar-refractivity contribution in [1.29, 1.82) is 0 Å². The fraction of sp³-hybridized carbons (Fsp3) is 0.667. The van der Waals surface area contributed by atoms with Crippen molar-refractivity contribution in [3.63, 3.8) is 0 Å². The van der Waals surface area contributed by atoms with Gasteiger partial charge in [-0.05, 0) is 43.3 Å². The van der Waals surface area contributed by atoms with Crippen molar-refractivity contribution < 1.29 is 25.8 Å². The van der Waals surface area contributed by atoms with Gasteiger partial charge in [-0.2, -0.15) is 21.6 Å². The van der Waals surface area contributed by atoms with Crippen LogP contribution in [0, 0.1) is 5.41 Å². The summed E-state index contributed by atoms with van der Waals surface area (Å²) in [7, 11) is -5.57. The van der Waals surface area contributed by atoms with Gasteiger partial charge in [-0.3, -0.25) is 0 Å². The van der Waals surface area contributed by atoms with Crippen molar-refractivity contribution in [1.82, 2.24) is 0 Å². The third kappa shape index (κ3) is 2.80. The summed E-state index contributed by atoms with van der Waals surface area (Å²) < 4.78 is 62.8. The van der Waals surface area contributed by atoms with E-state index in [2.05, 4.69) is 4.18 Å². The fourth-order valence-corrected chi connectivity index (χ4v) is 3.03. The second-order valence-corrected chi connectivity index (χ2v) is 6.77. The van der Waals surface area contributed by atoms with Gasteiger partial charge in [0.05, 0.1) is 0 Å². The molecule has 0 heterocycles. The maximum absolute atomic E-state index is 12.2. The quantitative estimate of drug-likeness (QED) is 0.577. The van der Waals surface area contributed by atoms with Crippen molar-refractivity contribution in [2.45, 2.75) is 44.5 Å². The van der Waals surface area contributed by atoms with Crippen molar-refractivity contribution in [3.8, 4) is 0 Å². The molecule has 3 nitrogen and oxygen atoms in total. The van der Waals surface area contributed by atoms with Gasteiger partial charge in [-0.1, -0.05) is 18.9 Å². The molecule has 0 bridgehead atoms. The largest absolute Gasteiger partial charge is 0.534 e. The van der Waals surface area contributed by atoms with E-state index in [-0.39, 0.29) is 11.2 Å². The van der Waals surface area contributed by atoms with Crippen LogP contribution in [0.2, 0.25) is 0 Å². The van der Waals surface area contributed by atoms with Crippen LogP contribution < -0.4 is 0 Å². The summed E-state index contributed by atoms with van der Waals surface area (Å²) in [6, 6.07) is 0. The van der Waals surface area contributed by atoms with Crippen LogP contribution in [0.25, 0.3) is 0 Å². The Labute approximate surface area is 110 Å². The second-order valence-electron chi connectivity index (χ2n) is 5.23. The van der Waals surface area contributed by atoms with Gasteiger partial charge in [0.1, 0.15) is 5.76 Å². The van der Waals surface area contributed by atoms with E-state index in [1.165, 1.54) is 12.2 Å². The van der Waals surface area contributed by atoms with Crippen LogP contribution in [0.15, 0.2) is 23.5 Å².